The van der Waals surface area contributed by atoms with Gasteiger partial charge in [-0.25, -0.2) is 8.78 Å². The van der Waals surface area contributed by atoms with Gasteiger partial charge in [0.25, 0.3) is 0 Å². The predicted octanol–water partition coefficient (Wildman–Crippen LogP) is 8.49. The molecule has 0 aliphatic heterocycles. The Morgan fingerprint density at radius 3 is 1.69 bits per heavy atom. The van der Waals surface area contributed by atoms with Gasteiger partial charge in [-0.05, 0) is 106 Å². The molecule has 0 saturated heterocycles. The molecule has 0 atom stereocenters. The van der Waals surface area contributed by atoms with Crippen LogP contribution in [0.25, 0.3) is 11.1 Å². The van der Waals surface area contributed by atoms with Crippen LogP contribution in [0.2, 0.25) is 0 Å². The zero-order valence-electron chi connectivity index (χ0n) is 20.3. The summed E-state index contributed by atoms with van der Waals surface area (Å²) in [5.41, 5.74) is -0.727. The molecule has 0 spiro atoms. The van der Waals surface area contributed by atoms with E-state index in [1.807, 2.05) is 0 Å². The largest absolute Gasteiger partial charge is 0.491 e. The molecule has 0 bridgehead atoms. The Bertz CT molecular complexity index is 1020. The highest BCUT2D eigenvalue weighted by Gasteiger charge is 2.31. The van der Waals surface area contributed by atoms with E-state index in [2.05, 4.69) is 12.7 Å². The standard InChI is InChI=1S/C29H34F4O2/c1-3-18-5-9-20(10-6-18)21-11-7-19(8-12-21)17-35-25-16-14-23(27(31)29(25)33)22-13-15-24(34-4-2)28(32)26(22)30/h3,13-16,18-21H,1,4-12,17H2,2H3. The molecule has 2 aliphatic rings. The third kappa shape index (κ3) is 5.68. The molecule has 0 radical (unpaired) electrons. The van der Waals surface area contributed by atoms with E-state index in [0.29, 0.717) is 18.4 Å². The number of halogens is 4. The quantitative estimate of drug-likeness (QED) is 0.273. The van der Waals surface area contributed by atoms with Crippen molar-refractivity contribution in [2.75, 3.05) is 13.2 Å². The summed E-state index contributed by atoms with van der Waals surface area (Å²) < 4.78 is 68.9. The first-order valence-corrected chi connectivity index (χ1v) is 12.8. The Kier molecular flexibility index (Phi) is 8.40. The van der Waals surface area contributed by atoms with Crippen LogP contribution in [-0.2, 0) is 0 Å². The third-order valence-electron chi connectivity index (χ3n) is 7.87. The number of rotatable bonds is 8. The summed E-state index contributed by atoms with van der Waals surface area (Å²) in [7, 11) is 0. The zero-order valence-corrected chi connectivity index (χ0v) is 20.3. The van der Waals surface area contributed by atoms with Crippen molar-refractivity contribution in [3.8, 4) is 22.6 Å². The van der Waals surface area contributed by atoms with Gasteiger partial charge in [0.2, 0.25) is 11.6 Å². The fourth-order valence-electron chi connectivity index (χ4n) is 5.74. The van der Waals surface area contributed by atoms with Crippen LogP contribution in [0.3, 0.4) is 0 Å². The summed E-state index contributed by atoms with van der Waals surface area (Å²) in [5, 5.41) is 0. The third-order valence-corrected chi connectivity index (χ3v) is 7.87. The van der Waals surface area contributed by atoms with Crippen molar-refractivity contribution in [1.82, 2.24) is 0 Å². The van der Waals surface area contributed by atoms with Crippen molar-refractivity contribution in [2.24, 2.45) is 23.7 Å². The van der Waals surface area contributed by atoms with Crippen LogP contribution in [-0.4, -0.2) is 13.2 Å². The van der Waals surface area contributed by atoms with Crippen molar-refractivity contribution in [1.29, 1.82) is 0 Å². The summed E-state index contributed by atoms with van der Waals surface area (Å²) in [5.74, 6) is -2.93. The van der Waals surface area contributed by atoms with E-state index in [1.54, 1.807) is 6.92 Å². The Balaban J connectivity index is 1.35. The van der Waals surface area contributed by atoms with Crippen LogP contribution in [0.5, 0.6) is 11.5 Å². The van der Waals surface area contributed by atoms with Gasteiger partial charge in [0.05, 0.1) is 13.2 Å². The lowest BCUT2D eigenvalue weighted by molar-refractivity contribution is 0.127. The molecular formula is C29H34F4O2. The van der Waals surface area contributed by atoms with Gasteiger partial charge in [0.1, 0.15) is 0 Å². The molecule has 0 amide bonds. The van der Waals surface area contributed by atoms with Crippen molar-refractivity contribution in [2.45, 2.75) is 58.3 Å². The number of hydrogen-bond acceptors (Lipinski definition) is 2. The second-order valence-corrected chi connectivity index (χ2v) is 9.91. The van der Waals surface area contributed by atoms with Gasteiger partial charge >= 0.3 is 0 Å². The molecule has 0 unspecified atom stereocenters. The van der Waals surface area contributed by atoms with E-state index < -0.39 is 23.3 Å². The lowest BCUT2D eigenvalue weighted by Crippen LogP contribution is -2.27. The normalized spacial score (nSPS) is 24.7. The van der Waals surface area contributed by atoms with Gasteiger partial charge in [-0.3, -0.25) is 0 Å². The fourth-order valence-corrected chi connectivity index (χ4v) is 5.74. The summed E-state index contributed by atoms with van der Waals surface area (Å²) in [6, 6.07) is 4.90. The Morgan fingerprint density at radius 2 is 1.20 bits per heavy atom. The first-order chi connectivity index (χ1) is 16.9. The van der Waals surface area contributed by atoms with Crippen molar-refractivity contribution in [3.05, 3.63) is 60.2 Å². The molecule has 35 heavy (non-hydrogen) atoms. The molecule has 2 aromatic carbocycles. The van der Waals surface area contributed by atoms with Crippen molar-refractivity contribution >= 4 is 0 Å². The highest BCUT2D eigenvalue weighted by atomic mass is 19.2. The molecule has 0 aromatic heterocycles. The van der Waals surface area contributed by atoms with E-state index in [-0.39, 0.29) is 29.2 Å². The van der Waals surface area contributed by atoms with Crippen LogP contribution in [0.15, 0.2) is 36.9 Å². The molecule has 2 aliphatic carbocycles. The monoisotopic (exact) mass is 490 g/mol. The van der Waals surface area contributed by atoms with Crippen molar-refractivity contribution < 1.29 is 27.0 Å². The average molecular weight is 491 g/mol. The first kappa shape index (κ1) is 25.6. The summed E-state index contributed by atoms with van der Waals surface area (Å²) in [6.07, 6.45) is 11.5. The van der Waals surface area contributed by atoms with Gasteiger partial charge in [-0.1, -0.05) is 6.08 Å². The van der Waals surface area contributed by atoms with Gasteiger partial charge in [-0.2, -0.15) is 8.78 Å². The van der Waals surface area contributed by atoms with Crippen molar-refractivity contribution in [3.63, 3.8) is 0 Å². The number of ether oxygens (including phenoxy) is 2. The van der Waals surface area contributed by atoms with E-state index >= 15 is 0 Å². The molecule has 4 rings (SSSR count). The topological polar surface area (TPSA) is 18.5 Å². The summed E-state index contributed by atoms with van der Waals surface area (Å²) in [4.78, 5) is 0. The van der Waals surface area contributed by atoms with E-state index in [9.17, 15) is 17.6 Å². The number of allylic oxidation sites excluding steroid dienone is 1. The number of hydrogen-bond donors (Lipinski definition) is 0. The summed E-state index contributed by atoms with van der Waals surface area (Å²) in [6.45, 7) is 6.04. The minimum absolute atomic E-state index is 0.156. The van der Waals surface area contributed by atoms with Crippen LogP contribution in [0.1, 0.15) is 58.3 Å². The van der Waals surface area contributed by atoms with E-state index in [1.165, 1.54) is 49.9 Å². The lowest BCUT2D eigenvalue weighted by Gasteiger charge is -2.37. The molecular weight excluding hydrogens is 456 g/mol. The number of benzene rings is 2. The molecule has 2 saturated carbocycles. The Hall–Kier alpha value is -2.50. The fraction of sp³-hybridized carbons (Fsp3) is 0.517. The maximum atomic E-state index is 14.8. The molecule has 2 fully saturated rings. The molecule has 0 N–H and O–H groups in total. The minimum Gasteiger partial charge on any atom is -0.491 e. The second-order valence-electron chi connectivity index (χ2n) is 9.91. The molecule has 2 aromatic rings. The maximum Gasteiger partial charge on any atom is 0.201 e. The minimum atomic E-state index is -1.28. The average Bonchev–Trinajstić information content (AvgIpc) is 2.89. The van der Waals surface area contributed by atoms with Gasteiger partial charge in [0.15, 0.2) is 23.1 Å². The molecule has 6 heteroatoms. The molecule has 0 heterocycles. The zero-order chi connectivity index (χ0) is 24.9. The van der Waals surface area contributed by atoms with E-state index in [4.69, 9.17) is 9.47 Å². The van der Waals surface area contributed by atoms with Crippen LogP contribution < -0.4 is 9.47 Å². The summed E-state index contributed by atoms with van der Waals surface area (Å²) >= 11 is 0. The molecule has 2 nitrogen and oxygen atoms in total. The van der Waals surface area contributed by atoms with Crippen LogP contribution in [0, 0.1) is 46.9 Å². The highest BCUT2D eigenvalue weighted by Crippen LogP contribution is 2.42. The molecule has 190 valence electrons. The van der Waals surface area contributed by atoms with Crippen LogP contribution in [0.4, 0.5) is 17.6 Å². The SMILES string of the molecule is C=CC1CCC(C2CCC(COc3ccc(-c4ccc(OCC)c(F)c4F)c(F)c3F)CC2)CC1. The first-order valence-electron chi connectivity index (χ1n) is 12.8. The second kappa shape index (κ2) is 11.5. The lowest BCUT2D eigenvalue weighted by atomic mass is 9.69. The Morgan fingerprint density at radius 1 is 0.714 bits per heavy atom. The predicted molar refractivity (Wildman–Crippen MR) is 129 cm³/mol. The van der Waals surface area contributed by atoms with Gasteiger partial charge < -0.3 is 9.47 Å². The van der Waals surface area contributed by atoms with E-state index in [0.717, 1.165) is 37.5 Å². The van der Waals surface area contributed by atoms with Gasteiger partial charge in [-0.15, -0.1) is 6.58 Å². The van der Waals surface area contributed by atoms with Gasteiger partial charge in [0, 0.05) is 11.1 Å². The smallest absolute Gasteiger partial charge is 0.201 e. The van der Waals surface area contributed by atoms with Crippen LogP contribution >= 0.6 is 0 Å². The maximum absolute atomic E-state index is 14.8. The highest BCUT2D eigenvalue weighted by molar-refractivity contribution is 5.67. The Labute approximate surface area is 205 Å².